The average Bonchev–Trinajstić information content (AvgIpc) is 2.88. The van der Waals surface area contributed by atoms with Crippen molar-refractivity contribution in [1.29, 1.82) is 0 Å². The molecule has 17 heavy (non-hydrogen) atoms. The standard InChI is InChI=1S/C15H12N2/c1-2-15(9-5-11-17-15)13-8-3-6-12-7-4-10-16-14(12)13/h2-11H,1H2. The highest BCUT2D eigenvalue weighted by atomic mass is 14.9. The van der Waals surface area contributed by atoms with Gasteiger partial charge in [0.2, 0.25) is 0 Å². The van der Waals surface area contributed by atoms with Gasteiger partial charge in [0.25, 0.3) is 0 Å². The molecule has 0 spiro atoms. The first-order valence-corrected chi connectivity index (χ1v) is 5.57. The topological polar surface area (TPSA) is 25.2 Å². The summed E-state index contributed by atoms with van der Waals surface area (Å²) in [6, 6.07) is 10.2. The molecule has 0 bridgehead atoms. The van der Waals surface area contributed by atoms with Crippen LogP contribution in [0.3, 0.4) is 0 Å². The number of para-hydroxylation sites is 1. The molecular formula is C15H12N2. The molecule has 1 aromatic heterocycles. The van der Waals surface area contributed by atoms with Crippen molar-refractivity contribution in [3.8, 4) is 0 Å². The van der Waals surface area contributed by atoms with Crippen molar-refractivity contribution in [1.82, 2.24) is 4.98 Å². The number of hydrogen-bond donors (Lipinski definition) is 0. The number of hydrogen-bond acceptors (Lipinski definition) is 2. The van der Waals surface area contributed by atoms with Gasteiger partial charge in [-0.05, 0) is 18.2 Å². The average molecular weight is 220 g/mol. The van der Waals surface area contributed by atoms with Crippen molar-refractivity contribution in [2.45, 2.75) is 5.54 Å². The Morgan fingerprint density at radius 2 is 2.06 bits per heavy atom. The van der Waals surface area contributed by atoms with Gasteiger partial charge in [0.1, 0.15) is 5.54 Å². The second-order valence-electron chi connectivity index (χ2n) is 4.05. The molecule has 0 amide bonds. The fourth-order valence-corrected chi connectivity index (χ4v) is 2.22. The van der Waals surface area contributed by atoms with Crippen molar-refractivity contribution in [3.05, 3.63) is 66.9 Å². The minimum Gasteiger partial charge on any atom is -0.273 e. The van der Waals surface area contributed by atoms with Crippen molar-refractivity contribution < 1.29 is 0 Å². The molecule has 1 aromatic carbocycles. The van der Waals surface area contributed by atoms with E-state index in [-0.39, 0.29) is 0 Å². The van der Waals surface area contributed by atoms with Gasteiger partial charge in [-0.25, -0.2) is 0 Å². The lowest BCUT2D eigenvalue weighted by molar-refractivity contribution is 0.740. The Kier molecular flexibility index (Phi) is 2.15. The molecule has 0 fully saturated rings. The van der Waals surface area contributed by atoms with Crippen LogP contribution in [-0.2, 0) is 5.54 Å². The lowest BCUT2D eigenvalue weighted by Crippen LogP contribution is -2.16. The summed E-state index contributed by atoms with van der Waals surface area (Å²) in [4.78, 5) is 8.98. The molecule has 1 unspecified atom stereocenters. The number of fused-ring (bicyclic) bond motifs is 1. The summed E-state index contributed by atoms with van der Waals surface area (Å²) >= 11 is 0. The Morgan fingerprint density at radius 3 is 2.82 bits per heavy atom. The summed E-state index contributed by atoms with van der Waals surface area (Å²) in [6.45, 7) is 3.91. The molecule has 2 heterocycles. The fraction of sp³-hybridized carbons (Fsp3) is 0.0667. The first kappa shape index (κ1) is 9.97. The molecule has 0 radical (unpaired) electrons. The van der Waals surface area contributed by atoms with Crippen LogP contribution in [0.25, 0.3) is 10.9 Å². The fourth-order valence-electron chi connectivity index (χ4n) is 2.22. The van der Waals surface area contributed by atoms with E-state index in [0.717, 1.165) is 16.5 Å². The predicted octanol–water partition coefficient (Wildman–Crippen LogP) is 3.26. The summed E-state index contributed by atoms with van der Waals surface area (Å²) in [7, 11) is 0. The van der Waals surface area contributed by atoms with Crippen LogP contribution >= 0.6 is 0 Å². The first-order valence-electron chi connectivity index (χ1n) is 5.57. The zero-order valence-corrected chi connectivity index (χ0v) is 9.38. The van der Waals surface area contributed by atoms with Gasteiger partial charge in [0, 0.05) is 23.4 Å². The van der Waals surface area contributed by atoms with Crippen molar-refractivity contribution in [3.63, 3.8) is 0 Å². The lowest BCUT2D eigenvalue weighted by Gasteiger charge is -2.21. The SMILES string of the molecule is C=CC1(c2cccc3cccnc23)C=CC=N1. The summed E-state index contributed by atoms with van der Waals surface area (Å²) in [6.07, 6.45) is 9.47. The van der Waals surface area contributed by atoms with Crippen LogP contribution in [0.15, 0.2) is 66.3 Å². The second-order valence-corrected chi connectivity index (χ2v) is 4.05. The van der Waals surface area contributed by atoms with Crippen LogP contribution in [0, 0.1) is 0 Å². The number of benzene rings is 1. The number of aliphatic imine (C=N–C) groups is 1. The van der Waals surface area contributed by atoms with Gasteiger partial charge >= 0.3 is 0 Å². The summed E-state index contributed by atoms with van der Waals surface area (Å²) in [5, 5.41) is 1.13. The van der Waals surface area contributed by atoms with Crippen LogP contribution in [-0.4, -0.2) is 11.2 Å². The normalized spacial score (nSPS) is 22.1. The van der Waals surface area contributed by atoms with Crippen molar-refractivity contribution in [2.24, 2.45) is 4.99 Å². The van der Waals surface area contributed by atoms with Crippen LogP contribution in [0.2, 0.25) is 0 Å². The van der Waals surface area contributed by atoms with E-state index in [4.69, 9.17) is 0 Å². The van der Waals surface area contributed by atoms with Crippen LogP contribution in [0.1, 0.15) is 5.56 Å². The second kappa shape index (κ2) is 3.67. The zero-order chi connectivity index (χ0) is 11.7. The zero-order valence-electron chi connectivity index (χ0n) is 9.38. The highest BCUT2D eigenvalue weighted by Gasteiger charge is 2.28. The van der Waals surface area contributed by atoms with Gasteiger partial charge in [-0.2, -0.15) is 0 Å². The Labute approximate surface area is 100 Å². The van der Waals surface area contributed by atoms with Gasteiger partial charge in [-0.15, -0.1) is 6.58 Å². The van der Waals surface area contributed by atoms with Gasteiger partial charge in [-0.1, -0.05) is 30.3 Å². The molecule has 0 aliphatic carbocycles. The lowest BCUT2D eigenvalue weighted by atomic mass is 9.89. The molecule has 0 N–H and O–H groups in total. The molecule has 0 saturated carbocycles. The molecule has 1 aliphatic rings. The Morgan fingerprint density at radius 1 is 1.18 bits per heavy atom. The highest BCUT2D eigenvalue weighted by Crippen LogP contribution is 2.35. The number of rotatable bonds is 2. The molecule has 1 atom stereocenters. The quantitative estimate of drug-likeness (QED) is 0.713. The van der Waals surface area contributed by atoms with Crippen LogP contribution in [0.5, 0.6) is 0 Å². The van der Waals surface area contributed by atoms with E-state index in [1.54, 1.807) is 0 Å². The minimum absolute atomic E-state index is 0.451. The highest BCUT2D eigenvalue weighted by molar-refractivity contribution is 5.85. The van der Waals surface area contributed by atoms with E-state index < -0.39 is 5.54 Å². The van der Waals surface area contributed by atoms with E-state index in [9.17, 15) is 0 Å². The number of allylic oxidation sites excluding steroid dienone is 1. The van der Waals surface area contributed by atoms with E-state index >= 15 is 0 Å². The third-order valence-electron chi connectivity index (χ3n) is 3.10. The Hall–Kier alpha value is -2.22. The van der Waals surface area contributed by atoms with Crippen LogP contribution in [0.4, 0.5) is 0 Å². The molecule has 2 heteroatoms. The number of pyridine rings is 1. The van der Waals surface area contributed by atoms with E-state index in [0.29, 0.717) is 0 Å². The Balaban J connectivity index is 2.34. The van der Waals surface area contributed by atoms with E-state index in [2.05, 4.69) is 34.8 Å². The maximum atomic E-state index is 4.51. The van der Waals surface area contributed by atoms with E-state index in [1.807, 2.05) is 42.8 Å². The molecule has 3 rings (SSSR count). The Bertz CT molecular complexity index is 621. The molecule has 2 aromatic rings. The molecule has 0 saturated heterocycles. The monoisotopic (exact) mass is 220 g/mol. The first-order chi connectivity index (χ1) is 8.36. The largest absolute Gasteiger partial charge is 0.273 e. The molecular weight excluding hydrogens is 208 g/mol. The van der Waals surface area contributed by atoms with E-state index in [1.165, 1.54) is 0 Å². The van der Waals surface area contributed by atoms with Crippen molar-refractivity contribution in [2.75, 3.05) is 0 Å². The maximum Gasteiger partial charge on any atom is 0.124 e. The summed E-state index contributed by atoms with van der Waals surface area (Å²) < 4.78 is 0. The molecule has 1 aliphatic heterocycles. The van der Waals surface area contributed by atoms with Gasteiger partial charge in [-0.3, -0.25) is 9.98 Å². The smallest absolute Gasteiger partial charge is 0.124 e. The van der Waals surface area contributed by atoms with Gasteiger partial charge in [0.15, 0.2) is 0 Å². The number of aromatic nitrogens is 1. The summed E-state index contributed by atoms with van der Waals surface area (Å²) in [5.74, 6) is 0. The van der Waals surface area contributed by atoms with Gasteiger partial charge < -0.3 is 0 Å². The van der Waals surface area contributed by atoms with Crippen molar-refractivity contribution >= 4 is 17.1 Å². The molecule has 2 nitrogen and oxygen atoms in total. The minimum atomic E-state index is -0.451. The third kappa shape index (κ3) is 1.41. The van der Waals surface area contributed by atoms with Crippen LogP contribution < -0.4 is 0 Å². The molecule has 82 valence electrons. The summed E-state index contributed by atoms with van der Waals surface area (Å²) in [5.41, 5.74) is 1.61. The third-order valence-corrected chi connectivity index (χ3v) is 3.10. The predicted molar refractivity (Wildman–Crippen MR) is 71.3 cm³/mol. The number of nitrogens with zero attached hydrogens (tertiary/aromatic N) is 2. The van der Waals surface area contributed by atoms with Gasteiger partial charge in [0.05, 0.1) is 5.52 Å². The maximum absolute atomic E-state index is 4.51.